The number of rotatable bonds is 8. The number of likely N-dealkylation sites (tertiary alicyclic amines) is 1. The van der Waals surface area contributed by atoms with Crippen LogP contribution in [0.1, 0.15) is 24.0 Å². The van der Waals surface area contributed by atoms with E-state index in [1.54, 1.807) is 12.0 Å². The smallest absolute Gasteiger partial charge is 0.328 e. The van der Waals surface area contributed by atoms with Gasteiger partial charge in [-0.25, -0.2) is 4.79 Å². The van der Waals surface area contributed by atoms with Crippen LogP contribution in [-0.4, -0.2) is 65.5 Å². The molecule has 2 heterocycles. The average Bonchev–Trinajstić information content (AvgIpc) is 3.11. The number of hydrogen-bond acceptors (Lipinski definition) is 4. The summed E-state index contributed by atoms with van der Waals surface area (Å²) < 4.78 is 5.31. The van der Waals surface area contributed by atoms with E-state index in [-0.39, 0.29) is 18.5 Å². The van der Waals surface area contributed by atoms with Crippen LogP contribution in [0, 0.1) is 0 Å². The predicted molar refractivity (Wildman–Crippen MR) is 140 cm³/mol. The maximum absolute atomic E-state index is 13.9. The molecule has 0 unspecified atom stereocenters. The average molecular weight is 484 g/mol. The van der Waals surface area contributed by atoms with Crippen LogP contribution in [-0.2, 0) is 22.6 Å². The molecule has 186 valence electrons. The molecule has 2 saturated heterocycles. The highest BCUT2D eigenvalue weighted by atomic mass is 16.5. The molecule has 6 nitrogen and oxygen atoms in total. The Kier molecular flexibility index (Phi) is 7.16. The van der Waals surface area contributed by atoms with Gasteiger partial charge in [-0.2, -0.15) is 0 Å². The Labute approximate surface area is 213 Å². The molecule has 3 aromatic rings. The molecular weight excluding hydrogens is 450 g/mol. The Balaban J connectivity index is 1.34. The van der Waals surface area contributed by atoms with Gasteiger partial charge in [-0.3, -0.25) is 14.6 Å². The number of urea groups is 1. The number of nitrogens with zero attached hydrogens (tertiary/aromatic N) is 3. The van der Waals surface area contributed by atoms with Gasteiger partial charge >= 0.3 is 6.03 Å². The molecule has 0 atom stereocenters. The highest BCUT2D eigenvalue weighted by molar-refractivity contribution is 6.07. The van der Waals surface area contributed by atoms with Crippen molar-refractivity contribution in [3.8, 4) is 11.1 Å². The van der Waals surface area contributed by atoms with Gasteiger partial charge in [0, 0.05) is 33.3 Å². The summed E-state index contributed by atoms with van der Waals surface area (Å²) in [6.07, 6.45) is 1.27. The SMILES string of the molecule is COCCN1C(=O)N(Cc2cccc(-c3ccccc3)c2)C(=O)C12CCN(Cc1ccccc1)CC2. The van der Waals surface area contributed by atoms with Crippen LogP contribution in [0.5, 0.6) is 0 Å². The van der Waals surface area contributed by atoms with Gasteiger partial charge in [0.25, 0.3) is 5.91 Å². The van der Waals surface area contributed by atoms with E-state index in [0.29, 0.717) is 26.0 Å². The molecule has 0 bridgehead atoms. The monoisotopic (exact) mass is 483 g/mol. The molecular formula is C30H33N3O3. The van der Waals surface area contributed by atoms with Gasteiger partial charge in [0.1, 0.15) is 5.54 Å². The second-order valence-electron chi connectivity index (χ2n) is 9.68. The third-order valence-corrected chi connectivity index (χ3v) is 7.45. The van der Waals surface area contributed by atoms with Crippen LogP contribution in [0.4, 0.5) is 4.79 Å². The highest BCUT2D eigenvalue weighted by Gasteiger charge is 2.57. The highest BCUT2D eigenvalue weighted by Crippen LogP contribution is 2.38. The number of benzene rings is 3. The lowest BCUT2D eigenvalue weighted by Gasteiger charge is -2.42. The van der Waals surface area contributed by atoms with Gasteiger partial charge in [-0.1, -0.05) is 78.9 Å². The topological polar surface area (TPSA) is 53.1 Å². The fourth-order valence-electron chi connectivity index (χ4n) is 5.48. The first-order valence-corrected chi connectivity index (χ1v) is 12.6. The van der Waals surface area contributed by atoms with Crippen molar-refractivity contribution < 1.29 is 14.3 Å². The first-order chi connectivity index (χ1) is 17.6. The zero-order chi connectivity index (χ0) is 25.0. The molecule has 6 heteroatoms. The van der Waals surface area contributed by atoms with E-state index in [0.717, 1.165) is 36.3 Å². The molecule has 0 saturated carbocycles. The summed E-state index contributed by atoms with van der Waals surface area (Å²) in [5, 5.41) is 0. The number of carbonyl (C=O) groups is 2. The molecule has 1 spiro atoms. The minimum atomic E-state index is -0.792. The summed E-state index contributed by atoms with van der Waals surface area (Å²) in [5.41, 5.74) is 3.61. The summed E-state index contributed by atoms with van der Waals surface area (Å²) >= 11 is 0. The summed E-state index contributed by atoms with van der Waals surface area (Å²) in [5.74, 6) is -0.0759. The van der Waals surface area contributed by atoms with Gasteiger partial charge in [0.15, 0.2) is 0 Å². The molecule has 3 aromatic carbocycles. The Bertz CT molecular complexity index is 1190. The zero-order valence-electron chi connectivity index (χ0n) is 20.8. The molecule has 0 aliphatic carbocycles. The second-order valence-corrected chi connectivity index (χ2v) is 9.68. The zero-order valence-corrected chi connectivity index (χ0v) is 20.8. The molecule has 2 aliphatic rings. The Morgan fingerprint density at radius 2 is 1.42 bits per heavy atom. The van der Waals surface area contributed by atoms with Crippen molar-refractivity contribution in [1.29, 1.82) is 0 Å². The number of piperidine rings is 1. The van der Waals surface area contributed by atoms with Gasteiger partial charge < -0.3 is 9.64 Å². The van der Waals surface area contributed by atoms with Gasteiger partial charge in [-0.15, -0.1) is 0 Å². The third-order valence-electron chi connectivity index (χ3n) is 7.45. The molecule has 0 N–H and O–H groups in total. The summed E-state index contributed by atoms with van der Waals surface area (Å²) in [4.78, 5) is 33.1. The standard InChI is InChI=1S/C30H33N3O3/c1-36-20-19-33-29(35)32(23-25-11-8-14-27(21-25)26-12-6-3-7-13-26)28(34)30(33)15-17-31(18-16-30)22-24-9-4-2-5-10-24/h2-14,21H,15-20,22-23H2,1H3. The number of hydrogen-bond donors (Lipinski definition) is 0. The number of carbonyl (C=O) groups excluding carboxylic acids is 2. The van der Waals surface area contributed by atoms with E-state index >= 15 is 0 Å². The van der Waals surface area contributed by atoms with Crippen molar-refractivity contribution in [1.82, 2.24) is 14.7 Å². The predicted octanol–water partition coefficient (Wildman–Crippen LogP) is 4.80. The Morgan fingerprint density at radius 1 is 0.778 bits per heavy atom. The number of amides is 3. The van der Waals surface area contributed by atoms with Crippen molar-refractivity contribution in [3.05, 3.63) is 96.1 Å². The van der Waals surface area contributed by atoms with Crippen molar-refractivity contribution >= 4 is 11.9 Å². The largest absolute Gasteiger partial charge is 0.383 e. The van der Waals surface area contributed by atoms with Crippen LogP contribution in [0.25, 0.3) is 11.1 Å². The fourth-order valence-corrected chi connectivity index (χ4v) is 5.48. The molecule has 5 rings (SSSR count). The molecule has 0 radical (unpaired) electrons. The quantitative estimate of drug-likeness (QED) is 0.432. The second kappa shape index (κ2) is 10.6. The normalized spacial score (nSPS) is 17.8. The van der Waals surface area contributed by atoms with Gasteiger partial charge in [0.2, 0.25) is 0 Å². The molecule has 0 aromatic heterocycles. The van der Waals surface area contributed by atoms with Crippen molar-refractivity contribution in [2.75, 3.05) is 33.4 Å². The van der Waals surface area contributed by atoms with E-state index in [1.807, 2.05) is 36.4 Å². The maximum atomic E-state index is 13.9. The van der Waals surface area contributed by atoms with Crippen LogP contribution in [0.2, 0.25) is 0 Å². The van der Waals surface area contributed by atoms with E-state index < -0.39 is 5.54 Å². The van der Waals surface area contributed by atoms with Crippen molar-refractivity contribution in [2.24, 2.45) is 0 Å². The minimum Gasteiger partial charge on any atom is -0.383 e. The van der Waals surface area contributed by atoms with Crippen LogP contribution in [0.15, 0.2) is 84.9 Å². The Morgan fingerprint density at radius 3 is 2.11 bits per heavy atom. The van der Waals surface area contributed by atoms with Crippen LogP contribution < -0.4 is 0 Å². The van der Waals surface area contributed by atoms with Crippen molar-refractivity contribution in [2.45, 2.75) is 31.5 Å². The fraction of sp³-hybridized carbons (Fsp3) is 0.333. The Hall–Kier alpha value is -3.48. The third kappa shape index (κ3) is 4.79. The van der Waals surface area contributed by atoms with Crippen LogP contribution in [0.3, 0.4) is 0 Å². The molecule has 2 aliphatic heterocycles. The number of methoxy groups -OCH3 is 1. The lowest BCUT2D eigenvalue weighted by atomic mass is 9.85. The van der Waals surface area contributed by atoms with Crippen LogP contribution >= 0.6 is 0 Å². The van der Waals surface area contributed by atoms with Crippen molar-refractivity contribution in [3.63, 3.8) is 0 Å². The number of ether oxygens (including phenoxy) is 1. The van der Waals surface area contributed by atoms with E-state index in [1.165, 1.54) is 10.5 Å². The first-order valence-electron chi connectivity index (χ1n) is 12.6. The minimum absolute atomic E-state index is 0.0759. The van der Waals surface area contributed by atoms with Gasteiger partial charge in [0.05, 0.1) is 13.2 Å². The molecule has 2 fully saturated rings. The van der Waals surface area contributed by atoms with E-state index in [2.05, 4.69) is 53.4 Å². The number of imide groups is 1. The van der Waals surface area contributed by atoms with Gasteiger partial charge in [-0.05, 0) is 41.2 Å². The maximum Gasteiger partial charge on any atom is 0.328 e. The summed E-state index contributed by atoms with van der Waals surface area (Å²) in [6.45, 7) is 3.50. The summed E-state index contributed by atoms with van der Waals surface area (Å²) in [7, 11) is 1.63. The first kappa shape index (κ1) is 24.2. The molecule has 36 heavy (non-hydrogen) atoms. The molecule has 3 amide bonds. The lowest BCUT2D eigenvalue weighted by Crippen LogP contribution is -2.57. The summed E-state index contributed by atoms with van der Waals surface area (Å²) in [6, 6.07) is 28.4. The lowest BCUT2D eigenvalue weighted by molar-refractivity contribution is -0.136. The van der Waals surface area contributed by atoms with E-state index in [9.17, 15) is 9.59 Å². The van der Waals surface area contributed by atoms with E-state index in [4.69, 9.17) is 4.74 Å².